The first-order valence-electron chi connectivity index (χ1n) is 14.1. The molecule has 3 rings (SSSR count). The van der Waals surface area contributed by atoms with E-state index in [2.05, 4.69) is 22.5 Å². The zero-order chi connectivity index (χ0) is 30.3. The highest BCUT2D eigenvalue weighted by Crippen LogP contribution is 2.65. The largest absolute Gasteiger partial charge is 0.356 e. The minimum absolute atomic E-state index is 0.00601. The smallest absolute Gasteiger partial charge is 0.291 e. The average Bonchev–Trinajstić information content (AvgIpc) is 3.21. The van der Waals surface area contributed by atoms with E-state index in [4.69, 9.17) is 0 Å². The second-order valence-corrected chi connectivity index (χ2v) is 13.3. The summed E-state index contributed by atoms with van der Waals surface area (Å²) in [6.07, 6.45) is 0.925. The summed E-state index contributed by atoms with van der Waals surface area (Å²) in [7, 11) is 2.90. The van der Waals surface area contributed by atoms with Crippen molar-refractivity contribution in [3.63, 3.8) is 0 Å². The molecule has 2 heterocycles. The number of nitrogens with zero attached hydrogens (tertiary/aromatic N) is 2. The van der Waals surface area contributed by atoms with E-state index in [1.165, 1.54) is 19.0 Å². The molecule has 0 aromatic heterocycles. The molecule has 2 aliphatic heterocycles. The molecule has 6 atom stereocenters. The van der Waals surface area contributed by atoms with Gasteiger partial charge in [-0.3, -0.25) is 28.8 Å². The summed E-state index contributed by atoms with van der Waals surface area (Å²) in [6, 6.07) is -3.00. The second kappa shape index (κ2) is 11.3. The van der Waals surface area contributed by atoms with E-state index < -0.39 is 53.0 Å². The average molecular weight is 560 g/mol. The highest BCUT2D eigenvalue weighted by molar-refractivity contribution is 6.38. The van der Waals surface area contributed by atoms with Gasteiger partial charge in [-0.25, -0.2) is 0 Å². The van der Waals surface area contributed by atoms with Crippen LogP contribution in [0.15, 0.2) is 12.2 Å². The zero-order valence-corrected chi connectivity index (χ0v) is 25.1. The van der Waals surface area contributed by atoms with Crippen LogP contribution in [0.2, 0.25) is 0 Å². The van der Waals surface area contributed by atoms with Crippen molar-refractivity contribution in [3.8, 4) is 0 Å². The molecule has 5 amide bonds. The Morgan fingerprint density at radius 3 is 2.27 bits per heavy atom. The molecule has 1 aliphatic carbocycles. The standard InChI is InChI=1S/C29H45N5O6/c1-10-15(2)23(36)32-22(28(3,4)5)27(40)34-14-17-19(29(17,6)7)20(34)25(38)31-18(21(35)26(39)33(8)9)13-16-11-12-30-24(16)37/h16-20,22H,2,10-14H2,1,3-9H3,(H,30,37)(H,31,38)(H,32,36)/t16-,17-,18-,19-,20-,22?/m0/s1. The normalized spacial score (nSPS) is 26.2. The number of rotatable bonds is 10. The number of piperidine rings is 1. The van der Waals surface area contributed by atoms with E-state index in [0.717, 1.165) is 4.90 Å². The van der Waals surface area contributed by atoms with Gasteiger partial charge in [-0.1, -0.05) is 48.1 Å². The van der Waals surface area contributed by atoms with Gasteiger partial charge in [0, 0.05) is 38.7 Å². The predicted molar refractivity (Wildman–Crippen MR) is 148 cm³/mol. The number of amides is 5. The molecule has 1 unspecified atom stereocenters. The van der Waals surface area contributed by atoms with Crippen molar-refractivity contribution in [3.05, 3.63) is 12.2 Å². The monoisotopic (exact) mass is 559 g/mol. The summed E-state index contributed by atoms with van der Waals surface area (Å²) < 4.78 is 0. The van der Waals surface area contributed by atoms with Crippen molar-refractivity contribution in [1.82, 2.24) is 25.8 Å². The Bertz CT molecular complexity index is 1110. The summed E-state index contributed by atoms with van der Waals surface area (Å²) in [4.78, 5) is 81.3. The van der Waals surface area contributed by atoms with Crippen molar-refractivity contribution in [2.75, 3.05) is 27.2 Å². The van der Waals surface area contributed by atoms with Crippen LogP contribution in [-0.4, -0.2) is 90.4 Å². The number of fused-ring (bicyclic) bond motifs is 1. The van der Waals surface area contributed by atoms with E-state index in [0.29, 0.717) is 31.5 Å². The quantitative estimate of drug-likeness (QED) is 0.265. The summed E-state index contributed by atoms with van der Waals surface area (Å²) in [5.41, 5.74) is -0.499. The Hall–Kier alpha value is -3.24. The predicted octanol–water partition coefficient (Wildman–Crippen LogP) is 0.635. The maximum atomic E-state index is 14.0. The molecule has 40 heavy (non-hydrogen) atoms. The lowest BCUT2D eigenvalue weighted by atomic mass is 9.85. The third-order valence-corrected chi connectivity index (χ3v) is 8.83. The number of carbonyl (C=O) groups is 6. The summed E-state index contributed by atoms with van der Waals surface area (Å²) >= 11 is 0. The molecule has 11 heteroatoms. The molecule has 11 nitrogen and oxygen atoms in total. The van der Waals surface area contributed by atoms with Crippen molar-refractivity contribution in [2.24, 2.45) is 28.6 Å². The zero-order valence-electron chi connectivity index (χ0n) is 25.1. The maximum Gasteiger partial charge on any atom is 0.291 e. The summed E-state index contributed by atoms with van der Waals surface area (Å²) in [5.74, 6) is -3.71. The fourth-order valence-electron chi connectivity index (χ4n) is 6.03. The minimum atomic E-state index is -1.21. The molecule has 0 aromatic rings. The highest BCUT2D eigenvalue weighted by Gasteiger charge is 2.70. The summed E-state index contributed by atoms with van der Waals surface area (Å²) in [6.45, 7) is 16.0. The van der Waals surface area contributed by atoms with Gasteiger partial charge in [0.25, 0.3) is 5.91 Å². The number of likely N-dealkylation sites (tertiary alicyclic amines) is 1. The molecule has 2 saturated heterocycles. The topological polar surface area (TPSA) is 145 Å². The Balaban J connectivity index is 1.90. The van der Waals surface area contributed by atoms with Crippen LogP contribution in [0.5, 0.6) is 0 Å². The van der Waals surface area contributed by atoms with Crippen LogP contribution in [-0.2, 0) is 28.8 Å². The van der Waals surface area contributed by atoms with Gasteiger partial charge in [0.05, 0.1) is 6.04 Å². The van der Waals surface area contributed by atoms with Gasteiger partial charge >= 0.3 is 0 Å². The lowest BCUT2D eigenvalue weighted by Crippen LogP contribution is -2.60. The number of hydrogen-bond donors (Lipinski definition) is 3. The van der Waals surface area contributed by atoms with Crippen molar-refractivity contribution < 1.29 is 28.8 Å². The van der Waals surface area contributed by atoms with Gasteiger partial charge in [0.1, 0.15) is 12.1 Å². The van der Waals surface area contributed by atoms with Crippen LogP contribution in [0, 0.1) is 28.6 Å². The first-order valence-corrected chi connectivity index (χ1v) is 14.1. The third-order valence-electron chi connectivity index (χ3n) is 8.83. The number of hydrogen-bond acceptors (Lipinski definition) is 6. The molecule has 0 spiro atoms. The Kier molecular flexibility index (Phi) is 8.86. The van der Waals surface area contributed by atoms with Crippen molar-refractivity contribution >= 4 is 35.3 Å². The fourth-order valence-corrected chi connectivity index (χ4v) is 6.03. The van der Waals surface area contributed by atoms with Crippen LogP contribution in [0.1, 0.15) is 60.8 Å². The van der Waals surface area contributed by atoms with Gasteiger partial charge < -0.3 is 25.8 Å². The van der Waals surface area contributed by atoms with Gasteiger partial charge in [0.15, 0.2) is 0 Å². The molecule has 3 fully saturated rings. The molecule has 0 bridgehead atoms. The molecule has 3 aliphatic rings. The van der Waals surface area contributed by atoms with Crippen molar-refractivity contribution in [2.45, 2.75) is 78.9 Å². The van der Waals surface area contributed by atoms with E-state index >= 15 is 0 Å². The highest BCUT2D eigenvalue weighted by atomic mass is 16.2. The second-order valence-electron chi connectivity index (χ2n) is 13.3. The Labute approximate surface area is 236 Å². The fraction of sp³-hybridized carbons (Fsp3) is 0.724. The first kappa shape index (κ1) is 31.3. The van der Waals surface area contributed by atoms with Gasteiger partial charge in [-0.05, 0) is 41.9 Å². The summed E-state index contributed by atoms with van der Waals surface area (Å²) in [5, 5.41) is 8.30. The van der Waals surface area contributed by atoms with Crippen LogP contribution in [0.25, 0.3) is 0 Å². The lowest BCUT2D eigenvalue weighted by molar-refractivity contribution is -0.147. The van der Waals surface area contributed by atoms with E-state index in [-0.39, 0.29) is 35.5 Å². The van der Waals surface area contributed by atoms with E-state index in [9.17, 15) is 28.8 Å². The van der Waals surface area contributed by atoms with Gasteiger partial charge in [0.2, 0.25) is 29.4 Å². The van der Waals surface area contributed by atoms with Crippen LogP contribution < -0.4 is 16.0 Å². The molecule has 0 aromatic carbocycles. The number of carbonyl (C=O) groups excluding carboxylic acids is 6. The molecular weight excluding hydrogens is 514 g/mol. The van der Waals surface area contributed by atoms with Crippen LogP contribution in [0.3, 0.4) is 0 Å². The number of ketones is 1. The lowest BCUT2D eigenvalue weighted by Gasteiger charge is -2.38. The molecule has 222 valence electrons. The molecular formula is C29H45N5O6. The number of Topliss-reactive ketones (excluding diaryl/α,β-unsaturated/α-hetero) is 1. The van der Waals surface area contributed by atoms with Crippen molar-refractivity contribution in [1.29, 1.82) is 0 Å². The molecule has 0 radical (unpaired) electrons. The first-order chi connectivity index (χ1) is 18.4. The van der Waals surface area contributed by atoms with Gasteiger partial charge in [-0.15, -0.1) is 0 Å². The van der Waals surface area contributed by atoms with E-state index in [1.54, 1.807) is 6.92 Å². The third kappa shape index (κ3) is 6.07. The number of likely N-dealkylation sites (N-methyl/N-ethyl adjacent to an activating group) is 1. The minimum Gasteiger partial charge on any atom is -0.356 e. The Morgan fingerprint density at radius 1 is 1.15 bits per heavy atom. The molecule has 3 N–H and O–H groups in total. The Morgan fingerprint density at radius 2 is 1.77 bits per heavy atom. The van der Waals surface area contributed by atoms with E-state index in [1.807, 2.05) is 34.6 Å². The molecule has 1 saturated carbocycles. The van der Waals surface area contributed by atoms with Gasteiger partial charge in [-0.2, -0.15) is 0 Å². The van der Waals surface area contributed by atoms with Crippen LogP contribution in [0.4, 0.5) is 0 Å². The van der Waals surface area contributed by atoms with Crippen LogP contribution >= 0.6 is 0 Å². The number of nitrogens with one attached hydrogen (secondary N) is 3. The maximum absolute atomic E-state index is 14.0. The SMILES string of the molecule is C=C(CC)C(=O)NC(C(=O)N1C[C@H]2[C@@H]([C@H]1C(=O)N[C@@H](C[C@@H]1CCNC1=O)C(=O)C(=O)N(C)C)C2(C)C)C(C)(C)C.